The number of amides is 1. The molecule has 5 nitrogen and oxygen atoms in total. The van der Waals surface area contributed by atoms with Crippen LogP contribution in [0.1, 0.15) is 32.9 Å². The molecule has 0 saturated heterocycles. The van der Waals surface area contributed by atoms with Gasteiger partial charge in [-0.1, -0.05) is 12.1 Å². The van der Waals surface area contributed by atoms with Gasteiger partial charge in [0.25, 0.3) is 5.91 Å². The first-order valence-corrected chi connectivity index (χ1v) is 8.13. The standard InChI is InChI=1S/C18H15F3N4O/c1-11-8-16-22-9-12-10-24(7-6-15(12)25(16)23-11)17(26)13-4-2-3-5-14(13)18(19,20)21/h2-5,8-9H,6-7,10H2,1H3. The fourth-order valence-corrected chi connectivity index (χ4v) is 3.32. The number of nitrogens with zero attached hydrogens (tertiary/aromatic N) is 4. The smallest absolute Gasteiger partial charge is 0.334 e. The maximum absolute atomic E-state index is 13.2. The summed E-state index contributed by atoms with van der Waals surface area (Å²) >= 11 is 0. The Labute approximate surface area is 147 Å². The van der Waals surface area contributed by atoms with Gasteiger partial charge < -0.3 is 4.90 Å². The molecule has 0 radical (unpaired) electrons. The fourth-order valence-electron chi connectivity index (χ4n) is 3.32. The summed E-state index contributed by atoms with van der Waals surface area (Å²) in [6.45, 7) is 2.41. The molecule has 0 N–H and O–H groups in total. The third kappa shape index (κ3) is 2.71. The Morgan fingerprint density at radius 1 is 1.23 bits per heavy atom. The molecule has 1 aliphatic rings. The molecule has 8 heteroatoms. The lowest BCUT2D eigenvalue weighted by Gasteiger charge is -2.29. The first-order valence-electron chi connectivity index (χ1n) is 8.13. The molecule has 0 bridgehead atoms. The topological polar surface area (TPSA) is 50.5 Å². The van der Waals surface area contributed by atoms with Gasteiger partial charge in [0.05, 0.1) is 22.5 Å². The maximum Gasteiger partial charge on any atom is 0.417 e. The molecule has 1 aromatic carbocycles. The van der Waals surface area contributed by atoms with Crippen LogP contribution in [-0.2, 0) is 19.1 Å². The third-order valence-corrected chi connectivity index (χ3v) is 4.52. The summed E-state index contributed by atoms with van der Waals surface area (Å²) in [6.07, 6.45) is -2.39. The number of hydrogen-bond donors (Lipinski definition) is 0. The molecule has 1 aliphatic heterocycles. The van der Waals surface area contributed by atoms with E-state index in [1.165, 1.54) is 23.1 Å². The molecular weight excluding hydrogens is 345 g/mol. The number of aromatic nitrogens is 3. The van der Waals surface area contributed by atoms with E-state index in [1.807, 2.05) is 13.0 Å². The van der Waals surface area contributed by atoms with Gasteiger partial charge in [-0.2, -0.15) is 18.3 Å². The van der Waals surface area contributed by atoms with Crippen LogP contribution in [0.5, 0.6) is 0 Å². The summed E-state index contributed by atoms with van der Waals surface area (Å²) < 4.78 is 41.3. The first kappa shape index (κ1) is 16.6. The summed E-state index contributed by atoms with van der Waals surface area (Å²) in [5.41, 5.74) is 2.06. The van der Waals surface area contributed by atoms with Gasteiger partial charge in [0.15, 0.2) is 5.65 Å². The van der Waals surface area contributed by atoms with E-state index < -0.39 is 17.6 Å². The molecule has 4 rings (SSSR count). The van der Waals surface area contributed by atoms with Crippen molar-refractivity contribution in [2.24, 2.45) is 0 Å². The van der Waals surface area contributed by atoms with Gasteiger partial charge in [0, 0.05) is 37.3 Å². The number of benzene rings is 1. The summed E-state index contributed by atoms with van der Waals surface area (Å²) in [7, 11) is 0. The van der Waals surface area contributed by atoms with E-state index in [-0.39, 0.29) is 12.1 Å². The Bertz CT molecular complexity index is 1010. The Kier molecular flexibility index (Phi) is 3.71. The number of carbonyl (C=O) groups is 1. The predicted octanol–water partition coefficient (Wildman–Crippen LogP) is 3.26. The zero-order valence-electron chi connectivity index (χ0n) is 13.9. The Hall–Kier alpha value is -2.90. The largest absolute Gasteiger partial charge is 0.417 e. The highest BCUT2D eigenvalue weighted by Gasteiger charge is 2.36. The van der Waals surface area contributed by atoms with Gasteiger partial charge in [-0.15, -0.1) is 0 Å². The minimum Gasteiger partial charge on any atom is -0.334 e. The molecule has 26 heavy (non-hydrogen) atoms. The molecule has 2 aromatic heterocycles. The Morgan fingerprint density at radius 3 is 2.77 bits per heavy atom. The molecule has 0 spiro atoms. The van der Waals surface area contributed by atoms with Crippen LogP contribution in [0, 0.1) is 6.92 Å². The van der Waals surface area contributed by atoms with Crippen LogP contribution in [0.3, 0.4) is 0 Å². The molecule has 1 amide bonds. The van der Waals surface area contributed by atoms with E-state index in [1.54, 1.807) is 10.7 Å². The van der Waals surface area contributed by atoms with Crippen molar-refractivity contribution in [3.8, 4) is 0 Å². The highest BCUT2D eigenvalue weighted by Crippen LogP contribution is 2.33. The van der Waals surface area contributed by atoms with Crippen LogP contribution >= 0.6 is 0 Å². The normalized spacial score (nSPS) is 14.5. The first-order chi connectivity index (χ1) is 12.3. The molecule has 0 saturated carbocycles. The molecule has 0 fully saturated rings. The van der Waals surface area contributed by atoms with E-state index in [9.17, 15) is 18.0 Å². The molecular formula is C18H15F3N4O. The van der Waals surface area contributed by atoms with Crippen molar-refractivity contribution in [2.75, 3.05) is 6.54 Å². The lowest BCUT2D eigenvalue weighted by atomic mass is 10.0. The number of aryl methyl sites for hydroxylation is 1. The summed E-state index contributed by atoms with van der Waals surface area (Å²) in [5, 5.41) is 4.40. The quantitative estimate of drug-likeness (QED) is 0.669. The van der Waals surface area contributed by atoms with Crippen LogP contribution in [0.4, 0.5) is 13.2 Å². The summed E-state index contributed by atoms with van der Waals surface area (Å²) in [6, 6.07) is 6.74. The third-order valence-electron chi connectivity index (χ3n) is 4.52. The van der Waals surface area contributed by atoms with Crippen molar-refractivity contribution in [2.45, 2.75) is 26.1 Å². The molecule has 3 heterocycles. The zero-order chi connectivity index (χ0) is 18.5. The van der Waals surface area contributed by atoms with Gasteiger partial charge in [-0.25, -0.2) is 9.50 Å². The predicted molar refractivity (Wildman–Crippen MR) is 87.6 cm³/mol. The number of hydrogen-bond acceptors (Lipinski definition) is 3. The Balaban J connectivity index is 1.68. The van der Waals surface area contributed by atoms with E-state index in [2.05, 4.69) is 10.1 Å². The van der Waals surface area contributed by atoms with Crippen molar-refractivity contribution in [3.63, 3.8) is 0 Å². The number of rotatable bonds is 1. The van der Waals surface area contributed by atoms with E-state index in [4.69, 9.17) is 0 Å². The lowest BCUT2D eigenvalue weighted by molar-refractivity contribution is -0.138. The average molecular weight is 360 g/mol. The number of halogens is 3. The van der Waals surface area contributed by atoms with Crippen molar-refractivity contribution >= 4 is 11.6 Å². The molecule has 0 unspecified atom stereocenters. The lowest BCUT2D eigenvalue weighted by Crippen LogP contribution is -2.37. The minimum atomic E-state index is -4.57. The van der Waals surface area contributed by atoms with E-state index in [0.717, 1.165) is 28.7 Å². The summed E-state index contributed by atoms with van der Waals surface area (Å²) in [5.74, 6) is -0.625. The van der Waals surface area contributed by atoms with Crippen molar-refractivity contribution in [1.29, 1.82) is 0 Å². The van der Waals surface area contributed by atoms with Gasteiger partial charge in [-0.3, -0.25) is 4.79 Å². The van der Waals surface area contributed by atoms with Crippen LogP contribution in [0.25, 0.3) is 5.65 Å². The van der Waals surface area contributed by atoms with Crippen LogP contribution in [0.15, 0.2) is 36.5 Å². The summed E-state index contributed by atoms with van der Waals surface area (Å²) in [4.78, 5) is 18.5. The van der Waals surface area contributed by atoms with E-state index >= 15 is 0 Å². The molecule has 0 aliphatic carbocycles. The van der Waals surface area contributed by atoms with Gasteiger partial charge in [0.2, 0.25) is 0 Å². The average Bonchev–Trinajstić information content (AvgIpc) is 3.00. The van der Waals surface area contributed by atoms with Crippen LogP contribution < -0.4 is 0 Å². The second kappa shape index (κ2) is 5.82. The minimum absolute atomic E-state index is 0.211. The van der Waals surface area contributed by atoms with Crippen molar-refractivity contribution in [1.82, 2.24) is 19.5 Å². The van der Waals surface area contributed by atoms with Gasteiger partial charge in [-0.05, 0) is 19.1 Å². The highest BCUT2D eigenvalue weighted by atomic mass is 19.4. The molecule has 0 atom stereocenters. The number of carbonyl (C=O) groups excluding carboxylic acids is 1. The second-order valence-electron chi connectivity index (χ2n) is 6.31. The van der Waals surface area contributed by atoms with Crippen LogP contribution in [0.2, 0.25) is 0 Å². The second-order valence-corrected chi connectivity index (χ2v) is 6.31. The SMILES string of the molecule is Cc1cc2ncc3c(n2n1)CCN(C(=O)c1ccccc1C(F)(F)F)C3. The number of alkyl halides is 3. The highest BCUT2D eigenvalue weighted by molar-refractivity contribution is 5.96. The van der Waals surface area contributed by atoms with E-state index in [0.29, 0.717) is 13.0 Å². The molecule has 3 aromatic rings. The van der Waals surface area contributed by atoms with Crippen molar-refractivity contribution < 1.29 is 18.0 Å². The monoisotopic (exact) mass is 360 g/mol. The van der Waals surface area contributed by atoms with Crippen LogP contribution in [-0.4, -0.2) is 31.9 Å². The Morgan fingerprint density at radius 2 is 2.00 bits per heavy atom. The van der Waals surface area contributed by atoms with Gasteiger partial charge >= 0.3 is 6.18 Å². The van der Waals surface area contributed by atoms with Gasteiger partial charge in [0.1, 0.15) is 0 Å². The molecule has 134 valence electrons. The number of fused-ring (bicyclic) bond motifs is 3. The zero-order valence-corrected chi connectivity index (χ0v) is 13.9. The van der Waals surface area contributed by atoms with Crippen molar-refractivity contribution in [3.05, 3.63) is 64.6 Å². The fraction of sp³-hybridized carbons (Fsp3) is 0.278. The maximum atomic E-state index is 13.2.